The number of hydrogen-bond acceptors (Lipinski definition) is 5. The SMILES string of the molecule is CC[C@@H]1C2C[C@H](O)CC[C@]2(C)[C@H]2CC[C@]3(C)[C@@H]([C@H](C)CCNC(=O)NS(=O)(=O)c4cccc(Cl)c4)CC[C@H]3[C@@H]2[C@@H]1O. The first kappa shape index (κ1) is 31.1. The van der Waals surface area contributed by atoms with Crippen molar-refractivity contribution in [1.82, 2.24) is 10.0 Å². The average molecular weight is 609 g/mol. The molecule has 0 heterocycles. The van der Waals surface area contributed by atoms with E-state index in [0.717, 1.165) is 57.8 Å². The minimum absolute atomic E-state index is 0.0474. The Morgan fingerprint density at radius 2 is 1.78 bits per heavy atom. The summed E-state index contributed by atoms with van der Waals surface area (Å²) in [5.74, 6) is 2.82. The lowest BCUT2D eigenvalue weighted by Gasteiger charge is -2.64. The molecule has 7 nitrogen and oxygen atoms in total. The Kier molecular flexibility index (Phi) is 8.81. The van der Waals surface area contributed by atoms with Gasteiger partial charge in [0.1, 0.15) is 0 Å². The summed E-state index contributed by atoms with van der Waals surface area (Å²) in [6.07, 6.45) is 8.52. The third kappa shape index (κ3) is 5.56. The van der Waals surface area contributed by atoms with Crippen molar-refractivity contribution < 1.29 is 23.4 Å². The van der Waals surface area contributed by atoms with Crippen LogP contribution in [0.3, 0.4) is 0 Å². The standard InChI is InChI=1S/C32H49ClN2O5S/c1-5-23-27-18-21(36)11-14-32(27,4)26-12-15-31(3)24(9-10-25(31)28(26)29(23)37)19(2)13-16-34-30(38)35-41(39,40)22-8-6-7-20(33)17-22/h6-8,17,19,21,23-29,36-37H,5,9-16,18H2,1-4H3,(H2,34,35,38)/t19-,21-,23-,24-,25+,26+,27?,28+,29-,31-,32-/m1/s1. The van der Waals surface area contributed by atoms with Crippen molar-refractivity contribution in [3.63, 3.8) is 0 Å². The van der Waals surface area contributed by atoms with E-state index < -0.39 is 16.1 Å². The summed E-state index contributed by atoms with van der Waals surface area (Å²) in [5, 5.41) is 25.4. The molecule has 2 amide bonds. The fourth-order valence-corrected chi connectivity index (χ4v) is 11.6. The minimum Gasteiger partial charge on any atom is -0.393 e. The van der Waals surface area contributed by atoms with Gasteiger partial charge in [0.05, 0.1) is 17.1 Å². The van der Waals surface area contributed by atoms with Gasteiger partial charge in [0.2, 0.25) is 0 Å². The third-order valence-electron chi connectivity index (χ3n) is 12.4. The number of amides is 2. The van der Waals surface area contributed by atoms with E-state index in [1.807, 2.05) is 0 Å². The third-order valence-corrected chi connectivity index (χ3v) is 13.9. The van der Waals surface area contributed by atoms with Crippen molar-refractivity contribution in [2.24, 2.45) is 52.3 Å². The summed E-state index contributed by atoms with van der Waals surface area (Å²) in [7, 11) is -4.00. The second-order valence-corrected chi connectivity index (χ2v) is 16.3. The monoisotopic (exact) mass is 608 g/mol. The second kappa shape index (κ2) is 11.6. The molecule has 5 rings (SSSR count). The summed E-state index contributed by atoms with van der Waals surface area (Å²) in [6, 6.07) is 5.10. The highest BCUT2D eigenvalue weighted by atomic mass is 35.5. The molecule has 0 radical (unpaired) electrons. The Labute approximate surface area is 251 Å². The number of aliphatic hydroxyl groups excluding tert-OH is 2. The molecule has 4 N–H and O–H groups in total. The number of carbonyl (C=O) groups is 1. The Bertz CT molecular complexity index is 1230. The summed E-state index contributed by atoms with van der Waals surface area (Å²) in [4.78, 5) is 12.4. The molecule has 0 bridgehead atoms. The van der Waals surface area contributed by atoms with Crippen LogP contribution in [-0.2, 0) is 10.0 Å². The predicted molar refractivity (Wildman–Crippen MR) is 161 cm³/mol. The largest absolute Gasteiger partial charge is 0.393 e. The number of benzene rings is 1. The zero-order valence-electron chi connectivity index (χ0n) is 25.0. The molecule has 230 valence electrons. The normalized spacial score (nSPS) is 41.0. The highest BCUT2D eigenvalue weighted by Gasteiger charge is 2.64. The Hall–Kier alpha value is -1.35. The fraction of sp³-hybridized carbons (Fsp3) is 0.781. The van der Waals surface area contributed by atoms with Crippen LogP contribution in [0.15, 0.2) is 29.2 Å². The topological polar surface area (TPSA) is 116 Å². The molecule has 41 heavy (non-hydrogen) atoms. The van der Waals surface area contributed by atoms with E-state index in [4.69, 9.17) is 11.6 Å². The maximum absolute atomic E-state index is 12.6. The van der Waals surface area contributed by atoms with E-state index in [1.165, 1.54) is 18.2 Å². The molecule has 4 aliphatic rings. The van der Waals surface area contributed by atoms with Gasteiger partial charge in [-0.05, 0) is 122 Å². The average Bonchev–Trinajstić information content (AvgIpc) is 3.27. The number of fused-ring (bicyclic) bond motifs is 5. The summed E-state index contributed by atoms with van der Waals surface area (Å²) >= 11 is 5.91. The van der Waals surface area contributed by atoms with Gasteiger partial charge in [-0.1, -0.05) is 51.8 Å². The van der Waals surface area contributed by atoms with Gasteiger partial charge in [0.15, 0.2) is 0 Å². The van der Waals surface area contributed by atoms with E-state index in [9.17, 15) is 23.4 Å². The van der Waals surface area contributed by atoms with E-state index in [1.54, 1.807) is 6.07 Å². The number of aliphatic hydroxyl groups is 2. The number of rotatable bonds is 7. The molecule has 9 heteroatoms. The number of hydrogen-bond donors (Lipinski definition) is 4. The van der Waals surface area contributed by atoms with Crippen LogP contribution >= 0.6 is 11.6 Å². The van der Waals surface area contributed by atoms with Crippen molar-refractivity contribution in [2.75, 3.05) is 6.54 Å². The van der Waals surface area contributed by atoms with Crippen LogP contribution < -0.4 is 10.0 Å². The zero-order chi connectivity index (χ0) is 29.7. The second-order valence-electron chi connectivity index (χ2n) is 14.2. The molecule has 4 aliphatic carbocycles. The van der Waals surface area contributed by atoms with Gasteiger partial charge >= 0.3 is 6.03 Å². The zero-order valence-corrected chi connectivity index (χ0v) is 26.6. The molecule has 1 unspecified atom stereocenters. The van der Waals surface area contributed by atoms with Gasteiger partial charge in [0, 0.05) is 11.6 Å². The van der Waals surface area contributed by atoms with Crippen LogP contribution in [0.1, 0.15) is 85.5 Å². The van der Waals surface area contributed by atoms with Crippen LogP contribution in [0.4, 0.5) is 4.79 Å². The highest BCUT2D eigenvalue weighted by molar-refractivity contribution is 7.90. The Balaban J connectivity index is 1.22. The van der Waals surface area contributed by atoms with Crippen molar-refractivity contribution in [3.05, 3.63) is 29.3 Å². The number of nitrogens with one attached hydrogen (secondary N) is 2. The van der Waals surface area contributed by atoms with Crippen molar-refractivity contribution in [3.8, 4) is 0 Å². The number of halogens is 1. The maximum Gasteiger partial charge on any atom is 0.328 e. The van der Waals surface area contributed by atoms with E-state index in [0.29, 0.717) is 42.1 Å². The summed E-state index contributed by atoms with van der Waals surface area (Å²) < 4.78 is 27.2. The van der Waals surface area contributed by atoms with Gasteiger partial charge in [-0.3, -0.25) is 0 Å². The van der Waals surface area contributed by atoms with Gasteiger partial charge < -0.3 is 15.5 Å². The fourth-order valence-electron chi connectivity index (χ4n) is 10.4. The highest BCUT2D eigenvalue weighted by Crippen LogP contribution is 2.69. The number of sulfonamides is 1. The van der Waals surface area contributed by atoms with Crippen LogP contribution in [0, 0.1) is 52.3 Å². The van der Waals surface area contributed by atoms with Gasteiger partial charge in [-0.25, -0.2) is 17.9 Å². The van der Waals surface area contributed by atoms with E-state index in [2.05, 4.69) is 37.7 Å². The van der Waals surface area contributed by atoms with Crippen LogP contribution in [0.25, 0.3) is 0 Å². The van der Waals surface area contributed by atoms with Crippen LogP contribution in [-0.4, -0.2) is 43.4 Å². The number of urea groups is 1. The minimum atomic E-state index is -4.00. The maximum atomic E-state index is 12.6. The molecule has 0 aromatic heterocycles. The molecular formula is C32H49ClN2O5S. The van der Waals surface area contributed by atoms with Crippen molar-refractivity contribution in [1.29, 1.82) is 0 Å². The van der Waals surface area contributed by atoms with Crippen molar-refractivity contribution in [2.45, 2.75) is 103 Å². The van der Waals surface area contributed by atoms with E-state index in [-0.39, 0.29) is 38.9 Å². The number of carbonyl (C=O) groups excluding carboxylic acids is 1. The van der Waals surface area contributed by atoms with Crippen LogP contribution in [0.2, 0.25) is 5.02 Å². The quantitative estimate of drug-likeness (QED) is 0.304. The molecule has 0 spiro atoms. The summed E-state index contributed by atoms with van der Waals surface area (Å²) in [5.41, 5.74) is 0.340. The predicted octanol–water partition coefficient (Wildman–Crippen LogP) is 5.98. The summed E-state index contributed by atoms with van der Waals surface area (Å²) in [6.45, 7) is 9.78. The first-order valence-corrected chi connectivity index (χ1v) is 17.6. The molecule has 4 fully saturated rings. The molecular weight excluding hydrogens is 560 g/mol. The van der Waals surface area contributed by atoms with Crippen LogP contribution in [0.5, 0.6) is 0 Å². The van der Waals surface area contributed by atoms with Crippen molar-refractivity contribution >= 4 is 27.7 Å². The molecule has 0 saturated heterocycles. The molecule has 1 aromatic carbocycles. The first-order valence-electron chi connectivity index (χ1n) is 15.7. The van der Waals surface area contributed by atoms with Gasteiger partial charge in [0.25, 0.3) is 10.0 Å². The lowest BCUT2D eigenvalue weighted by atomic mass is 9.41. The molecule has 0 aliphatic heterocycles. The smallest absolute Gasteiger partial charge is 0.328 e. The van der Waals surface area contributed by atoms with Gasteiger partial charge in [-0.15, -0.1) is 0 Å². The van der Waals surface area contributed by atoms with Gasteiger partial charge in [-0.2, -0.15) is 0 Å². The molecule has 11 atom stereocenters. The molecule has 4 saturated carbocycles. The van der Waals surface area contributed by atoms with E-state index >= 15 is 0 Å². The first-order chi connectivity index (χ1) is 19.3. The Morgan fingerprint density at radius 3 is 2.49 bits per heavy atom. The lowest BCUT2D eigenvalue weighted by molar-refractivity contribution is -0.203. The lowest BCUT2D eigenvalue weighted by Crippen LogP contribution is -2.62. The molecule has 1 aromatic rings. The Morgan fingerprint density at radius 1 is 1.07 bits per heavy atom.